The zero-order valence-corrected chi connectivity index (χ0v) is 73.4. The first kappa shape index (κ1) is 131. The van der Waals surface area contributed by atoms with Crippen molar-refractivity contribution in [1.82, 2.24) is 47.1 Å². The summed E-state index contributed by atoms with van der Waals surface area (Å²) in [6, 6.07) is 0.297. The Hall–Kier alpha value is -7.65. The van der Waals surface area contributed by atoms with E-state index in [-0.39, 0.29) is 155 Å². The SMILES string of the molecule is C.CC1(C)CC(N)CC(C)(C)N1O.CC1(C)CC(NC(=O)CCCCCN)CC(C)(C)N1O.CC1(C)CC(NC(=O)CCCCCNC(=O)C(F)(F)F)CC(C)(C)N1O.CCOC(=O)OC(=O)CCCCCNC(=O)C(F)(F)F.NCCCCCC(=O)O.O.O=C(CCCCCNC(=O)C(F)(F)F)OC(=O)C(F)(F)F.O=C(O)CCCCCNC(=O)C(F)(F)F.[OH-]. The second kappa shape index (κ2) is 63.4. The summed E-state index contributed by atoms with van der Waals surface area (Å²) in [6.45, 7) is 26.2. The number of nitrogens with one attached hydrogen (secondary N) is 6. The van der Waals surface area contributed by atoms with Crippen molar-refractivity contribution in [3.05, 3.63) is 0 Å². The molecule has 34 nitrogen and oxygen atoms in total. The molecular formula is C77H140F15N12O22-. The number of unbranched alkanes of at least 4 members (excludes halogenated alkanes) is 12. The van der Waals surface area contributed by atoms with Gasteiger partial charge in [-0.2, -0.15) is 81.0 Å². The molecule has 3 aliphatic rings. The van der Waals surface area contributed by atoms with Gasteiger partial charge >= 0.3 is 90.5 Å². The molecule has 6 amide bonds. The summed E-state index contributed by atoms with van der Waals surface area (Å²) in [4.78, 5) is 129. The molecule has 0 aromatic rings. The maximum atomic E-state index is 12.1. The summed E-state index contributed by atoms with van der Waals surface area (Å²) in [7, 11) is 0. The van der Waals surface area contributed by atoms with E-state index in [1.165, 1.54) is 15.2 Å². The standard InChI is InChI=1S/C17H30F3N3O3.C15H31N3O2.C11H16F3NO5.C10H11F6NO4.C9H20N2O.C8H12F3NO3.C6H13NO2.CH4.2H2O/c1-15(2)10-12(11-16(3,4)23(15)26)22-13(24)8-6-5-7-9-21-14(25)17(18,19)20;1-14(2)10-12(11-15(3,4)18(14)20)17-13(19)8-6-5-7-9-16;1-2-19-10(18)20-8(16)6-4-3-5-7-15-9(17)11(12,13)14;11-9(12,13)7(19)17-5-3-1-2-4-6(18)21-8(20)10(14,15)16;1-8(2)5-7(10)6-9(3,4)11(8)12;9-8(10,11)7(15)12-5-3-1-2-4-6(13)14;7-5-3-1-2-4-6(8)9;;;/h12,26H,5-11H2,1-4H3,(H,21,25)(H,22,24);12,20H,5-11,16H2,1-4H3,(H,17,19);2-7H2,1H3,(H,15,17);1-5H2,(H,17,19);7,12H,5-6,10H2,1-4H3;1-5H2,(H,12,15)(H,13,14);1-5,7H2,(H,8,9);1H4;2*1H2/p-1. The number of carbonyl (C=O) groups is 12. The Bertz CT molecular complexity index is 3120. The summed E-state index contributed by atoms with van der Waals surface area (Å²) in [6.07, 6.45) is -11.3. The number of hydrogen-bond acceptors (Lipinski definition) is 25. The lowest BCUT2D eigenvalue weighted by atomic mass is 9.79. The highest BCUT2D eigenvalue weighted by Crippen LogP contribution is 2.39. The van der Waals surface area contributed by atoms with Crippen molar-refractivity contribution >= 4 is 71.4 Å². The smallest absolute Gasteiger partial charge is 0.516 e. The molecule has 3 aliphatic heterocycles. The van der Waals surface area contributed by atoms with Crippen LogP contribution >= 0.6 is 0 Å². The maximum absolute atomic E-state index is 12.1. The molecule has 3 rings (SSSR count). The zero-order valence-electron chi connectivity index (χ0n) is 73.4. The van der Waals surface area contributed by atoms with Crippen molar-refractivity contribution < 1.29 is 174 Å². The number of halogens is 15. The Morgan fingerprint density at radius 3 is 0.825 bits per heavy atom. The second-order valence-corrected chi connectivity index (χ2v) is 33.0. The summed E-state index contributed by atoms with van der Waals surface area (Å²) < 4.78 is 189. The molecule has 20 N–H and O–H groups in total. The molecule has 0 spiro atoms. The highest BCUT2D eigenvalue weighted by molar-refractivity contribution is 5.88. The minimum Gasteiger partial charge on any atom is -0.870 e. The number of rotatable bonds is 37. The van der Waals surface area contributed by atoms with Crippen LogP contribution in [0, 0.1) is 0 Å². The van der Waals surface area contributed by atoms with Gasteiger partial charge in [0.05, 0.1) is 6.61 Å². The van der Waals surface area contributed by atoms with E-state index in [1.807, 2.05) is 83.1 Å². The average molecular weight is 1870 g/mol. The number of carboxylic acid groups (broad SMARTS) is 2. The number of carbonyl (C=O) groups excluding carboxylic acids is 10. The monoisotopic (exact) mass is 1870 g/mol. The van der Waals surface area contributed by atoms with E-state index in [0.29, 0.717) is 83.7 Å². The molecule has 0 bridgehead atoms. The van der Waals surface area contributed by atoms with Crippen molar-refractivity contribution in [2.45, 2.75) is 372 Å². The lowest BCUT2D eigenvalue weighted by molar-refractivity contribution is -0.246. The number of aliphatic carboxylic acids is 2. The van der Waals surface area contributed by atoms with E-state index in [9.17, 15) is 139 Å². The molecule has 0 saturated carbocycles. The molecule has 3 saturated heterocycles. The Morgan fingerprint density at radius 2 is 0.595 bits per heavy atom. The van der Waals surface area contributed by atoms with Gasteiger partial charge in [-0.15, -0.1) is 0 Å². The number of hydroxylamine groups is 6. The lowest BCUT2D eigenvalue weighted by Gasteiger charge is -2.51. The fourth-order valence-corrected chi connectivity index (χ4v) is 12.9. The van der Waals surface area contributed by atoms with Crippen LogP contribution in [0.1, 0.15) is 290 Å². The molecule has 746 valence electrons. The maximum Gasteiger partial charge on any atom is 0.516 e. The summed E-state index contributed by atoms with van der Waals surface area (Å²) in [5, 5.41) is 63.9. The number of carboxylic acids is 2. The number of hydrogen-bond donors (Lipinski definition) is 14. The molecule has 0 aliphatic carbocycles. The third-order valence-corrected chi connectivity index (χ3v) is 18.2. The van der Waals surface area contributed by atoms with Crippen molar-refractivity contribution in [1.29, 1.82) is 0 Å². The molecular weight excluding hydrogens is 1730 g/mol. The first-order chi connectivity index (χ1) is 56.0. The number of ether oxygens (including phenoxy) is 3. The predicted molar refractivity (Wildman–Crippen MR) is 428 cm³/mol. The Kier molecular flexibility index (Phi) is 66.1. The van der Waals surface area contributed by atoms with Gasteiger partial charge in [-0.25, -0.2) is 9.59 Å². The van der Waals surface area contributed by atoms with Crippen LogP contribution in [0.4, 0.5) is 70.7 Å². The minimum atomic E-state index is -5.27. The van der Waals surface area contributed by atoms with E-state index >= 15 is 0 Å². The third-order valence-electron chi connectivity index (χ3n) is 18.2. The van der Waals surface area contributed by atoms with Gasteiger partial charge in [-0.3, -0.25) is 47.9 Å². The highest BCUT2D eigenvalue weighted by atomic mass is 19.4. The Labute approximate surface area is 726 Å². The summed E-state index contributed by atoms with van der Waals surface area (Å²) in [5.41, 5.74) is 14.6. The molecule has 0 aromatic heterocycles. The van der Waals surface area contributed by atoms with E-state index in [4.69, 9.17) is 27.4 Å². The van der Waals surface area contributed by atoms with E-state index in [2.05, 4.69) is 24.8 Å². The lowest BCUT2D eigenvalue weighted by Crippen LogP contribution is -2.62. The molecule has 3 fully saturated rings. The van der Waals surface area contributed by atoms with Gasteiger partial charge < -0.3 is 100 Å². The van der Waals surface area contributed by atoms with E-state index in [1.54, 1.807) is 28.2 Å². The Morgan fingerprint density at radius 1 is 0.365 bits per heavy atom. The summed E-state index contributed by atoms with van der Waals surface area (Å²) >= 11 is 0. The van der Waals surface area contributed by atoms with Crippen molar-refractivity contribution in [2.24, 2.45) is 17.2 Å². The van der Waals surface area contributed by atoms with Crippen LogP contribution in [0.15, 0.2) is 0 Å². The molecule has 0 radical (unpaired) electrons. The summed E-state index contributed by atoms with van der Waals surface area (Å²) in [5.74, 6) is -14.4. The first-order valence-electron chi connectivity index (χ1n) is 40.3. The average Bonchev–Trinajstić information content (AvgIpc) is 0.790. The van der Waals surface area contributed by atoms with Crippen molar-refractivity contribution in [2.75, 3.05) is 45.9 Å². The minimum absolute atomic E-state index is 0. The fraction of sp³-hybridized carbons (Fsp3) is 0.844. The van der Waals surface area contributed by atoms with Crippen LogP contribution in [0.3, 0.4) is 0 Å². The van der Waals surface area contributed by atoms with Crippen LogP contribution in [-0.4, -0.2) is 252 Å². The van der Waals surface area contributed by atoms with Gasteiger partial charge in [0.2, 0.25) is 11.8 Å². The first-order valence-corrected chi connectivity index (χ1v) is 40.3. The largest absolute Gasteiger partial charge is 0.870 e. The number of amides is 6. The quantitative estimate of drug-likeness (QED) is 0.0119. The molecule has 49 heteroatoms. The number of nitrogens with two attached hydrogens (primary N) is 3. The number of piperidine rings is 3. The second-order valence-electron chi connectivity index (χ2n) is 33.0. The van der Waals surface area contributed by atoms with Crippen LogP contribution < -0.4 is 49.1 Å². The molecule has 3 heterocycles. The van der Waals surface area contributed by atoms with Crippen molar-refractivity contribution in [3.63, 3.8) is 0 Å². The van der Waals surface area contributed by atoms with E-state index in [0.717, 1.165) is 64.2 Å². The number of esters is 3. The number of nitrogens with zero attached hydrogens (tertiary/aromatic N) is 3. The van der Waals surface area contributed by atoms with Gasteiger partial charge in [-0.05, 0) is 219 Å². The molecule has 126 heavy (non-hydrogen) atoms. The predicted octanol–water partition coefficient (Wildman–Crippen LogP) is 11.5. The number of alkyl halides is 15. The van der Waals surface area contributed by atoms with Gasteiger partial charge in [-0.1, -0.05) is 46.0 Å². The Balaban J connectivity index is -0.000000266. The van der Waals surface area contributed by atoms with Crippen LogP contribution in [0.25, 0.3) is 0 Å². The van der Waals surface area contributed by atoms with Gasteiger partial charge in [0.15, 0.2) is 0 Å². The highest BCUT2D eigenvalue weighted by Gasteiger charge is 2.49. The topological polar surface area (TPSA) is 555 Å². The van der Waals surface area contributed by atoms with Crippen LogP contribution in [0.5, 0.6) is 0 Å². The van der Waals surface area contributed by atoms with Crippen LogP contribution in [-0.2, 0) is 67.0 Å². The van der Waals surface area contributed by atoms with Gasteiger partial charge in [0.1, 0.15) is 0 Å². The molecule has 0 unspecified atom stereocenters. The zero-order chi connectivity index (χ0) is 96.4. The van der Waals surface area contributed by atoms with Gasteiger partial charge in [0, 0.05) is 116 Å². The van der Waals surface area contributed by atoms with Crippen molar-refractivity contribution in [3.8, 4) is 0 Å². The normalized spacial score (nSPS) is 16.5. The van der Waals surface area contributed by atoms with Gasteiger partial charge in [0.25, 0.3) is 0 Å². The molecule has 0 atom stereocenters. The fourth-order valence-electron chi connectivity index (χ4n) is 12.9. The van der Waals surface area contributed by atoms with E-state index < -0.39 is 108 Å². The third kappa shape index (κ3) is 64.1. The molecule has 0 aromatic carbocycles. The van der Waals surface area contributed by atoms with Crippen LogP contribution in [0.2, 0.25) is 0 Å².